The molecule has 2 saturated heterocycles. The average Bonchev–Trinajstić information content (AvgIpc) is 1.67. The van der Waals surface area contributed by atoms with Gasteiger partial charge in [0.15, 0.2) is 35.8 Å². The van der Waals surface area contributed by atoms with Gasteiger partial charge in [-0.3, -0.25) is 97.1 Å². The van der Waals surface area contributed by atoms with E-state index in [0.29, 0.717) is 25.7 Å². The first-order valence-electron chi connectivity index (χ1n) is 40.2. The number of carbonyl (C=O) groups is 15. The standard InChI is InChI=1S/C70H131N35O16/c71-27-3-1-13-39(95-53(109)38(94-52(108)37-73)15-5-29-88-65(76)77)54(110)96-40(14-2-4-28-72)55(111)97-41(16-6-30-89-66(78)79)56(112)98-43(18-8-32-91-68(82)83)58(114)101-45(23-25-50(74)106)60(116)100-42(17-7-31-90-67(80)81)57(113)99-44(19-9-33-92-69(84)85)59(115)102-46(20-10-34-93-70(86)87)62(118)105-36-12-22-49(105)63(119)104-35-11-21-48(104)61(117)103-47(64(120)121)24-26-51(75)107/h38-49H,1-37,71-73H2,(H2,74,106)(H2,75,107)(H,94,108)(H,95,109)(H,96,110)(H,97,111)(H,98,112)(H,99,113)(H,100,116)(H,101,114)(H,102,115)(H,103,117)(H,120,121)(H4,76,77,88)(H4,78,79,89)(H4,80,81,90)(H4,82,83,91)(H4,84,85,92)(H4,86,87,93). The molecule has 0 aromatic rings. The molecule has 0 bridgehead atoms. The number of aliphatic carboxylic acids is 1. The molecule has 12 atom stereocenters. The van der Waals surface area contributed by atoms with Crippen molar-refractivity contribution in [1.82, 2.24) is 63.0 Å². The minimum atomic E-state index is -1.78. The number of carbonyl (C=O) groups excluding carboxylic acids is 14. The van der Waals surface area contributed by atoms with Crippen molar-refractivity contribution in [3.05, 3.63) is 0 Å². The van der Waals surface area contributed by atoms with E-state index in [2.05, 4.69) is 83.1 Å². The predicted molar refractivity (Wildman–Crippen MR) is 448 cm³/mol. The summed E-state index contributed by atoms with van der Waals surface area (Å²) in [4.78, 5) is 236. The molecule has 0 spiro atoms. The van der Waals surface area contributed by atoms with Crippen molar-refractivity contribution in [2.24, 2.45) is 127 Å². The third kappa shape index (κ3) is 42.7. The van der Waals surface area contributed by atoms with E-state index >= 15 is 0 Å². The Morgan fingerprint density at radius 3 is 0.843 bits per heavy atom. The van der Waals surface area contributed by atoms with Gasteiger partial charge in [0.1, 0.15) is 72.5 Å². The Bertz CT molecular complexity index is 3600. The number of hydrogen-bond donors (Lipinski definition) is 28. The highest BCUT2D eigenvalue weighted by molar-refractivity contribution is 6.00. The minimum absolute atomic E-state index is 0.000232. The number of amides is 14. The molecule has 45 N–H and O–H groups in total. The van der Waals surface area contributed by atoms with Gasteiger partial charge in [0.25, 0.3) is 0 Å². The molecule has 12 unspecified atom stereocenters. The second kappa shape index (κ2) is 57.6. The zero-order valence-electron chi connectivity index (χ0n) is 68.6. The van der Waals surface area contributed by atoms with Gasteiger partial charge in [-0.15, -0.1) is 0 Å². The Morgan fingerprint density at radius 1 is 0.306 bits per heavy atom. The average molecular weight is 1720 g/mol. The summed E-state index contributed by atoms with van der Waals surface area (Å²) in [6, 6.07) is -17.6. The van der Waals surface area contributed by atoms with Gasteiger partial charge in [0.05, 0.1) is 6.54 Å². The van der Waals surface area contributed by atoms with Crippen molar-refractivity contribution < 1.29 is 77.0 Å². The number of likely N-dealkylation sites (tertiary alicyclic amines) is 2. The fourth-order valence-electron chi connectivity index (χ4n) is 12.9. The van der Waals surface area contributed by atoms with Crippen LogP contribution in [0.5, 0.6) is 0 Å². The van der Waals surface area contributed by atoms with Gasteiger partial charge in [0.2, 0.25) is 82.7 Å². The Morgan fingerprint density at radius 2 is 0.562 bits per heavy atom. The summed E-state index contributed by atoms with van der Waals surface area (Å²) in [6.45, 7) is -0.461. The van der Waals surface area contributed by atoms with Crippen molar-refractivity contribution in [2.75, 3.05) is 72.0 Å². The van der Waals surface area contributed by atoms with E-state index in [4.69, 9.17) is 97.5 Å². The van der Waals surface area contributed by atoms with Crippen LogP contribution in [0.2, 0.25) is 0 Å². The lowest BCUT2D eigenvalue weighted by Gasteiger charge is -2.33. The largest absolute Gasteiger partial charge is 0.480 e. The van der Waals surface area contributed by atoms with Gasteiger partial charge in [-0.2, -0.15) is 0 Å². The van der Waals surface area contributed by atoms with Crippen LogP contribution < -0.4 is 151 Å². The molecule has 14 amide bonds. The van der Waals surface area contributed by atoms with E-state index < -0.39 is 181 Å². The second-order valence-electron chi connectivity index (χ2n) is 28.9. The fraction of sp³-hybridized carbons (Fsp3) is 0.700. The topological polar surface area (TPSA) is 920 Å². The lowest BCUT2D eigenvalue weighted by atomic mass is 10.0. The zero-order chi connectivity index (χ0) is 90.7. The Hall–Kier alpha value is -12.4. The highest BCUT2D eigenvalue weighted by Gasteiger charge is 2.45. The van der Waals surface area contributed by atoms with Crippen molar-refractivity contribution in [2.45, 2.75) is 239 Å². The third-order valence-electron chi connectivity index (χ3n) is 19.1. The minimum Gasteiger partial charge on any atom is -0.480 e. The molecule has 2 rings (SSSR count). The number of nitrogens with zero attached hydrogens (tertiary/aromatic N) is 8. The summed E-state index contributed by atoms with van der Waals surface area (Å²) in [6.07, 6.45) is -0.785. The first kappa shape index (κ1) is 105. The zero-order valence-corrected chi connectivity index (χ0v) is 68.6. The summed E-state index contributed by atoms with van der Waals surface area (Å²) in [5, 5.41) is 35.8. The van der Waals surface area contributed by atoms with Crippen LogP contribution in [0.3, 0.4) is 0 Å². The number of nitrogens with two attached hydrogens (primary N) is 17. The number of unbranched alkanes of at least 4 members (excludes halogenated alkanes) is 2. The monoisotopic (exact) mass is 1720 g/mol. The Kier molecular flexibility index (Phi) is 49.8. The number of primary amides is 2. The first-order chi connectivity index (χ1) is 57.3. The van der Waals surface area contributed by atoms with Gasteiger partial charge in [-0.05, 0) is 167 Å². The van der Waals surface area contributed by atoms with Crippen LogP contribution in [0.25, 0.3) is 0 Å². The number of aliphatic imine (C=N–C) groups is 6. The van der Waals surface area contributed by atoms with Crippen LogP contribution in [0, 0.1) is 0 Å². The molecule has 0 aromatic heterocycles. The normalized spacial score (nSPS) is 15.9. The van der Waals surface area contributed by atoms with E-state index in [1.165, 1.54) is 9.80 Å². The lowest BCUT2D eigenvalue weighted by molar-refractivity contribution is -0.149. The molecule has 682 valence electrons. The predicted octanol–water partition coefficient (Wildman–Crippen LogP) is -13.0. The van der Waals surface area contributed by atoms with Gasteiger partial charge < -0.3 is 166 Å². The number of carboxylic acid groups (broad SMARTS) is 1. The van der Waals surface area contributed by atoms with E-state index in [1.54, 1.807) is 0 Å². The Labute approximate surface area is 700 Å². The summed E-state index contributed by atoms with van der Waals surface area (Å²) in [5.41, 5.74) is 95.2. The quantitative estimate of drug-likeness (QED) is 0.0153. The number of rotatable bonds is 61. The molecule has 2 aliphatic rings. The van der Waals surface area contributed by atoms with Crippen LogP contribution >= 0.6 is 0 Å². The highest BCUT2D eigenvalue weighted by atomic mass is 16.4. The van der Waals surface area contributed by atoms with Crippen LogP contribution in [0.15, 0.2) is 30.0 Å². The molecule has 51 nitrogen and oxygen atoms in total. The number of nitrogens with one attached hydrogen (secondary N) is 10. The van der Waals surface area contributed by atoms with Crippen LogP contribution in [0.1, 0.15) is 167 Å². The molecule has 51 heteroatoms. The Balaban J connectivity index is 2.76. The highest BCUT2D eigenvalue weighted by Crippen LogP contribution is 2.27. The number of hydrogen-bond acceptors (Lipinski definition) is 24. The van der Waals surface area contributed by atoms with Crippen molar-refractivity contribution in [3.63, 3.8) is 0 Å². The number of carboxylic acids is 1. The van der Waals surface area contributed by atoms with E-state index in [-0.39, 0.29) is 230 Å². The van der Waals surface area contributed by atoms with Crippen LogP contribution in [0.4, 0.5) is 0 Å². The fourth-order valence-corrected chi connectivity index (χ4v) is 12.9. The molecular weight excluding hydrogens is 1590 g/mol. The molecule has 0 radical (unpaired) electrons. The van der Waals surface area contributed by atoms with Crippen LogP contribution in [-0.2, 0) is 71.9 Å². The number of guanidine groups is 6. The molecule has 0 saturated carbocycles. The maximum absolute atomic E-state index is 15.0. The SMILES string of the molecule is NCCCCC(NC(=O)C(CCCN=C(N)N)NC(=O)CN)C(=O)NC(CCCCN)C(=O)NC(CCCN=C(N)N)C(=O)NC(CCCN=C(N)N)C(=O)NC(CCC(N)=O)C(=O)NC(CCCN=C(N)N)C(=O)NC(CCCN=C(N)N)C(=O)NC(CCCN=C(N)N)C(=O)N1CCCC1C(=O)N1CCCC1C(=O)NC(CCC(N)=O)C(=O)O. The summed E-state index contributed by atoms with van der Waals surface area (Å²) in [7, 11) is 0. The molecule has 2 heterocycles. The second-order valence-corrected chi connectivity index (χ2v) is 28.9. The summed E-state index contributed by atoms with van der Waals surface area (Å²) in [5.74, 6) is -15.8. The van der Waals surface area contributed by atoms with Crippen molar-refractivity contribution >= 4 is 124 Å². The van der Waals surface area contributed by atoms with E-state index in [0.717, 1.165) is 0 Å². The van der Waals surface area contributed by atoms with E-state index in [9.17, 15) is 77.0 Å². The molecule has 121 heavy (non-hydrogen) atoms. The molecule has 0 aromatic carbocycles. The maximum atomic E-state index is 15.0. The van der Waals surface area contributed by atoms with Gasteiger partial charge in [0, 0.05) is 65.2 Å². The third-order valence-corrected chi connectivity index (χ3v) is 19.1. The molecular formula is C70H131N35O16. The first-order valence-corrected chi connectivity index (χ1v) is 40.2. The summed E-state index contributed by atoms with van der Waals surface area (Å²) < 4.78 is 0. The lowest BCUT2D eigenvalue weighted by Crippen LogP contribution is -2.61. The smallest absolute Gasteiger partial charge is 0.326 e. The summed E-state index contributed by atoms with van der Waals surface area (Å²) >= 11 is 0. The van der Waals surface area contributed by atoms with Gasteiger partial charge >= 0.3 is 5.97 Å². The molecule has 2 fully saturated rings. The van der Waals surface area contributed by atoms with Crippen molar-refractivity contribution in [3.8, 4) is 0 Å². The van der Waals surface area contributed by atoms with Gasteiger partial charge in [-0.25, -0.2) is 4.79 Å². The van der Waals surface area contributed by atoms with Crippen LogP contribution in [-0.4, -0.2) is 284 Å². The maximum Gasteiger partial charge on any atom is 0.326 e. The molecule has 0 aliphatic carbocycles. The molecule has 2 aliphatic heterocycles. The van der Waals surface area contributed by atoms with Gasteiger partial charge in [-0.1, -0.05) is 0 Å². The van der Waals surface area contributed by atoms with E-state index in [1.807, 2.05) is 0 Å². The van der Waals surface area contributed by atoms with Crippen molar-refractivity contribution in [1.29, 1.82) is 0 Å².